The van der Waals surface area contributed by atoms with E-state index in [9.17, 15) is 0 Å². The van der Waals surface area contributed by atoms with Crippen LogP contribution in [0.1, 0.15) is 0 Å². The van der Waals surface area contributed by atoms with Gasteiger partial charge in [0.2, 0.25) is 0 Å². The summed E-state index contributed by atoms with van der Waals surface area (Å²) >= 11 is 0. The average molecular weight is 627 g/mol. The summed E-state index contributed by atoms with van der Waals surface area (Å²) < 4.78 is 2.35. The predicted molar refractivity (Wildman–Crippen MR) is 201 cm³/mol. The first-order chi connectivity index (χ1) is 24.3. The lowest BCUT2D eigenvalue weighted by Crippen LogP contribution is -2.00. The molecule has 0 amide bonds. The van der Waals surface area contributed by atoms with Crippen LogP contribution in [0.15, 0.2) is 182 Å². The molecule has 2 heterocycles. The summed E-state index contributed by atoms with van der Waals surface area (Å²) in [5.41, 5.74) is 10.9. The number of para-hydroxylation sites is 2. The molecule has 0 fully saturated rings. The first kappa shape index (κ1) is 28.6. The second-order valence-electron chi connectivity index (χ2n) is 12.1. The highest BCUT2D eigenvalue weighted by molar-refractivity contribution is 6.09. The van der Waals surface area contributed by atoms with E-state index in [-0.39, 0.29) is 0 Å². The smallest absolute Gasteiger partial charge is 0.164 e. The molecule has 4 heteroatoms. The van der Waals surface area contributed by atoms with Crippen LogP contribution in [0.4, 0.5) is 0 Å². The molecule has 0 bridgehead atoms. The van der Waals surface area contributed by atoms with Gasteiger partial charge in [0, 0.05) is 33.2 Å². The summed E-state index contributed by atoms with van der Waals surface area (Å²) in [7, 11) is 0. The second-order valence-corrected chi connectivity index (χ2v) is 12.1. The average Bonchev–Trinajstić information content (AvgIpc) is 3.53. The van der Waals surface area contributed by atoms with Gasteiger partial charge >= 0.3 is 0 Å². The normalized spacial score (nSPS) is 11.3. The Morgan fingerprint density at radius 1 is 0.286 bits per heavy atom. The molecule has 0 radical (unpaired) electrons. The van der Waals surface area contributed by atoms with Crippen molar-refractivity contribution in [1.29, 1.82) is 0 Å². The maximum absolute atomic E-state index is 5.02. The Kier molecular flexibility index (Phi) is 7.10. The number of hydrogen-bond acceptors (Lipinski definition) is 3. The minimum Gasteiger partial charge on any atom is -0.309 e. The number of hydrogen-bond donors (Lipinski definition) is 0. The molecule has 49 heavy (non-hydrogen) atoms. The van der Waals surface area contributed by atoms with E-state index in [1.54, 1.807) is 0 Å². The van der Waals surface area contributed by atoms with E-state index in [0.29, 0.717) is 17.5 Å². The van der Waals surface area contributed by atoms with Gasteiger partial charge in [-0.2, -0.15) is 0 Å². The molecular formula is C45H30N4. The number of fused-ring (bicyclic) bond motifs is 3. The largest absolute Gasteiger partial charge is 0.309 e. The Hall–Kier alpha value is -6.65. The lowest BCUT2D eigenvalue weighted by atomic mass is 10.0. The van der Waals surface area contributed by atoms with Crippen molar-refractivity contribution < 1.29 is 0 Å². The van der Waals surface area contributed by atoms with E-state index >= 15 is 0 Å². The standard InChI is InChI=1S/C45H30N4/c1-3-13-31(14-4-1)35-17-11-19-37(29-35)45-47-43(33-15-5-2-6-16-33)46-44(48-45)34-27-25-32(26-28-34)36-18-12-20-38(30-36)49-41-23-9-7-21-39(41)40-22-8-10-24-42(40)49/h1-30H. The van der Waals surface area contributed by atoms with Gasteiger partial charge < -0.3 is 4.57 Å². The Labute approximate surface area is 284 Å². The molecule has 0 aliphatic carbocycles. The van der Waals surface area contributed by atoms with E-state index in [1.807, 2.05) is 36.4 Å². The van der Waals surface area contributed by atoms with Crippen LogP contribution in [-0.4, -0.2) is 19.5 Å². The fourth-order valence-corrected chi connectivity index (χ4v) is 6.66. The lowest BCUT2D eigenvalue weighted by molar-refractivity contribution is 1.07. The Balaban J connectivity index is 1.11. The molecule has 9 rings (SSSR count). The SMILES string of the molecule is c1ccc(-c2cccc(-c3nc(-c4ccccc4)nc(-c4ccc(-c5cccc(-n6c7ccccc7c7ccccc76)c5)cc4)n3)c2)cc1. The van der Waals surface area contributed by atoms with Gasteiger partial charge in [0.25, 0.3) is 0 Å². The van der Waals surface area contributed by atoms with Gasteiger partial charge in [0.1, 0.15) is 0 Å². The van der Waals surface area contributed by atoms with Crippen molar-refractivity contribution in [3.8, 4) is 62.1 Å². The van der Waals surface area contributed by atoms with Crippen LogP contribution in [-0.2, 0) is 0 Å². The van der Waals surface area contributed by atoms with Crippen LogP contribution in [0.2, 0.25) is 0 Å². The zero-order valence-electron chi connectivity index (χ0n) is 26.6. The molecule has 0 aliphatic heterocycles. The number of benzene rings is 7. The molecule has 0 atom stereocenters. The van der Waals surface area contributed by atoms with E-state index in [2.05, 4.69) is 150 Å². The van der Waals surface area contributed by atoms with Crippen LogP contribution in [0.25, 0.3) is 83.9 Å². The van der Waals surface area contributed by atoms with Crippen molar-refractivity contribution >= 4 is 21.8 Å². The molecule has 0 saturated carbocycles. The van der Waals surface area contributed by atoms with Gasteiger partial charge in [-0.25, -0.2) is 15.0 Å². The van der Waals surface area contributed by atoms with E-state index in [4.69, 9.17) is 15.0 Å². The number of aromatic nitrogens is 4. The van der Waals surface area contributed by atoms with Crippen molar-refractivity contribution in [3.05, 3.63) is 182 Å². The fraction of sp³-hybridized carbons (Fsp3) is 0. The molecule has 0 saturated heterocycles. The zero-order chi connectivity index (χ0) is 32.6. The minimum atomic E-state index is 0.638. The molecule has 7 aromatic carbocycles. The Morgan fingerprint density at radius 2 is 0.694 bits per heavy atom. The van der Waals surface area contributed by atoms with Crippen LogP contribution in [0.5, 0.6) is 0 Å². The van der Waals surface area contributed by atoms with Gasteiger partial charge in [0.05, 0.1) is 11.0 Å². The first-order valence-electron chi connectivity index (χ1n) is 16.5. The third-order valence-corrected chi connectivity index (χ3v) is 9.06. The quantitative estimate of drug-likeness (QED) is 0.184. The zero-order valence-corrected chi connectivity index (χ0v) is 26.6. The van der Waals surface area contributed by atoms with Crippen LogP contribution in [0, 0.1) is 0 Å². The highest BCUT2D eigenvalue weighted by Gasteiger charge is 2.15. The molecule has 230 valence electrons. The maximum atomic E-state index is 5.02. The monoisotopic (exact) mass is 626 g/mol. The second kappa shape index (κ2) is 12.2. The maximum Gasteiger partial charge on any atom is 0.164 e. The summed E-state index contributed by atoms with van der Waals surface area (Å²) in [6.07, 6.45) is 0. The van der Waals surface area contributed by atoms with Crippen molar-refractivity contribution in [2.75, 3.05) is 0 Å². The molecule has 0 aliphatic rings. The van der Waals surface area contributed by atoms with Crippen LogP contribution in [0.3, 0.4) is 0 Å². The minimum absolute atomic E-state index is 0.638. The van der Waals surface area contributed by atoms with Gasteiger partial charge in [-0.1, -0.05) is 152 Å². The van der Waals surface area contributed by atoms with Crippen molar-refractivity contribution in [1.82, 2.24) is 19.5 Å². The third kappa shape index (κ3) is 5.35. The molecule has 0 N–H and O–H groups in total. The summed E-state index contributed by atoms with van der Waals surface area (Å²) in [6, 6.07) is 63.4. The van der Waals surface area contributed by atoms with Gasteiger partial charge in [-0.15, -0.1) is 0 Å². The topological polar surface area (TPSA) is 43.6 Å². The van der Waals surface area contributed by atoms with Gasteiger partial charge in [0.15, 0.2) is 17.5 Å². The van der Waals surface area contributed by atoms with Crippen LogP contribution >= 0.6 is 0 Å². The van der Waals surface area contributed by atoms with Crippen molar-refractivity contribution in [3.63, 3.8) is 0 Å². The molecule has 4 nitrogen and oxygen atoms in total. The Bertz CT molecular complexity index is 2530. The van der Waals surface area contributed by atoms with E-state index in [1.165, 1.54) is 21.8 Å². The summed E-state index contributed by atoms with van der Waals surface area (Å²) in [5.74, 6) is 1.93. The summed E-state index contributed by atoms with van der Waals surface area (Å²) in [5, 5.41) is 2.51. The van der Waals surface area contributed by atoms with Gasteiger partial charge in [-0.05, 0) is 52.6 Å². The molecule has 2 aromatic heterocycles. The highest BCUT2D eigenvalue weighted by atomic mass is 15.0. The molecular weight excluding hydrogens is 597 g/mol. The number of rotatable bonds is 6. The van der Waals surface area contributed by atoms with Crippen LogP contribution < -0.4 is 0 Å². The fourth-order valence-electron chi connectivity index (χ4n) is 6.66. The Morgan fingerprint density at radius 3 is 1.33 bits per heavy atom. The van der Waals surface area contributed by atoms with E-state index < -0.39 is 0 Å². The highest BCUT2D eigenvalue weighted by Crippen LogP contribution is 2.34. The first-order valence-corrected chi connectivity index (χ1v) is 16.5. The molecule has 0 spiro atoms. The molecule has 0 unspecified atom stereocenters. The molecule has 9 aromatic rings. The lowest BCUT2D eigenvalue weighted by Gasteiger charge is -2.11. The van der Waals surface area contributed by atoms with E-state index in [0.717, 1.165) is 44.6 Å². The van der Waals surface area contributed by atoms with Gasteiger partial charge in [-0.3, -0.25) is 0 Å². The predicted octanol–water partition coefficient (Wildman–Crippen LogP) is 11.3. The third-order valence-electron chi connectivity index (χ3n) is 9.06. The summed E-state index contributed by atoms with van der Waals surface area (Å²) in [4.78, 5) is 14.9. The van der Waals surface area contributed by atoms with Crippen molar-refractivity contribution in [2.45, 2.75) is 0 Å². The van der Waals surface area contributed by atoms with Crippen molar-refractivity contribution in [2.24, 2.45) is 0 Å². The summed E-state index contributed by atoms with van der Waals surface area (Å²) in [6.45, 7) is 0. The number of nitrogens with zero attached hydrogens (tertiary/aromatic N) is 4.